The molecule has 6 heteroatoms. The van der Waals surface area contributed by atoms with Crippen molar-refractivity contribution in [1.82, 2.24) is 0 Å². The fourth-order valence-corrected chi connectivity index (χ4v) is 4.17. The zero-order valence-corrected chi connectivity index (χ0v) is 16.6. The van der Waals surface area contributed by atoms with Crippen LogP contribution in [-0.2, 0) is 9.59 Å². The van der Waals surface area contributed by atoms with Gasteiger partial charge in [-0.15, -0.1) is 11.3 Å². The van der Waals surface area contributed by atoms with Gasteiger partial charge in [0.25, 0.3) is 5.91 Å². The second-order valence-electron chi connectivity index (χ2n) is 7.36. The lowest BCUT2D eigenvalue weighted by Gasteiger charge is -2.28. The van der Waals surface area contributed by atoms with Gasteiger partial charge in [0.15, 0.2) is 11.5 Å². The van der Waals surface area contributed by atoms with Crippen LogP contribution in [0.1, 0.15) is 37.3 Å². The van der Waals surface area contributed by atoms with E-state index in [-0.39, 0.29) is 11.4 Å². The number of aliphatic hydroxyl groups excluding tert-OH is 1. The molecule has 1 aromatic carbocycles. The van der Waals surface area contributed by atoms with Gasteiger partial charge in [-0.2, -0.15) is 0 Å². The molecular formula is C20H20ClNO3S. The van der Waals surface area contributed by atoms with Gasteiger partial charge in [-0.25, -0.2) is 0 Å². The highest BCUT2D eigenvalue weighted by atomic mass is 35.5. The summed E-state index contributed by atoms with van der Waals surface area (Å²) in [6.07, 6.45) is 0. The van der Waals surface area contributed by atoms with Gasteiger partial charge in [-0.05, 0) is 48.2 Å². The average molecular weight is 390 g/mol. The molecule has 2 heterocycles. The number of anilines is 1. The van der Waals surface area contributed by atoms with E-state index in [1.165, 1.54) is 16.2 Å². The number of aliphatic hydroxyl groups is 1. The molecule has 0 spiro atoms. The van der Waals surface area contributed by atoms with Crippen LogP contribution >= 0.6 is 22.9 Å². The molecule has 26 heavy (non-hydrogen) atoms. The van der Waals surface area contributed by atoms with Crippen LogP contribution < -0.4 is 4.90 Å². The minimum Gasteiger partial charge on any atom is -0.503 e. The molecule has 2 aromatic rings. The summed E-state index contributed by atoms with van der Waals surface area (Å²) in [5.41, 5.74) is 0.993. The Kier molecular flexibility index (Phi) is 4.71. The molecule has 0 saturated carbocycles. The summed E-state index contributed by atoms with van der Waals surface area (Å²) in [7, 11) is 0. The molecule has 1 aliphatic heterocycles. The van der Waals surface area contributed by atoms with E-state index in [0.29, 0.717) is 10.7 Å². The molecule has 0 saturated heterocycles. The Hall–Kier alpha value is -2.11. The van der Waals surface area contributed by atoms with E-state index in [1.54, 1.807) is 45.0 Å². The molecule has 1 aliphatic rings. The van der Waals surface area contributed by atoms with Gasteiger partial charge in [0, 0.05) is 21.0 Å². The Labute approximate surface area is 161 Å². The fourth-order valence-electron chi connectivity index (χ4n) is 3.02. The number of hydrogen-bond acceptors (Lipinski definition) is 4. The highest BCUT2D eigenvalue weighted by Crippen LogP contribution is 2.45. The van der Waals surface area contributed by atoms with Gasteiger partial charge < -0.3 is 5.11 Å². The molecule has 4 nitrogen and oxygen atoms in total. The summed E-state index contributed by atoms with van der Waals surface area (Å²) >= 11 is 7.44. The Morgan fingerprint density at radius 3 is 2.31 bits per heavy atom. The molecule has 0 radical (unpaired) electrons. The smallest absolute Gasteiger partial charge is 0.294 e. The lowest BCUT2D eigenvalue weighted by molar-refractivity contribution is -0.123. The van der Waals surface area contributed by atoms with Crippen molar-refractivity contribution in [3.8, 4) is 0 Å². The van der Waals surface area contributed by atoms with Gasteiger partial charge in [0.1, 0.15) is 6.04 Å². The molecule has 3 rings (SSSR count). The van der Waals surface area contributed by atoms with Crippen molar-refractivity contribution in [1.29, 1.82) is 0 Å². The lowest BCUT2D eigenvalue weighted by Crippen LogP contribution is -2.32. The van der Waals surface area contributed by atoms with Gasteiger partial charge in [-0.3, -0.25) is 14.5 Å². The number of amides is 1. The van der Waals surface area contributed by atoms with E-state index in [0.717, 1.165) is 10.4 Å². The van der Waals surface area contributed by atoms with Crippen LogP contribution in [-0.4, -0.2) is 16.8 Å². The minimum atomic E-state index is -0.719. The first-order valence-electron chi connectivity index (χ1n) is 8.24. The Balaban J connectivity index is 2.20. The van der Waals surface area contributed by atoms with Crippen LogP contribution in [0.3, 0.4) is 0 Å². The number of nitrogens with zero attached hydrogens (tertiary/aromatic N) is 1. The number of carbonyl (C=O) groups excluding carboxylic acids is 2. The first kappa shape index (κ1) is 18.7. The summed E-state index contributed by atoms with van der Waals surface area (Å²) in [5, 5.41) is 13.1. The predicted molar refractivity (Wildman–Crippen MR) is 105 cm³/mol. The number of thiophene rings is 1. The van der Waals surface area contributed by atoms with Crippen molar-refractivity contribution in [3.05, 3.63) is 62.5 Å². The third-order valence-electron chi connectivity index (χ3n) is 4.39. The van der Waals surface area contributed by atoms with Crippen molar-refractivity contribution in [2.45, 2.75) is 33.7 Å². The van der Waals surface area contributed by atoms with E-state index in [9.17, 15) is 14.7 Å². The zero-order valence-electron chi connectivity index (χ0n) is 15.0. The third-order valence-corrected chi connectivity index (χ3v) is 5.71. The number of Topliss-reactive ketones (excluding diaryl/α,β-unsaturated/α-hetero) is 1. The van der Waals surface area contributed by atoms with E-state index < -0.39 is 23.1 Å². The first-order valence-corrected chi connectivity index (χ1v) is 9.49. The van der Waals surface area contributed by atoms with Crippen LogP contribution in [0.15, 0.2) is 47.0 Å². The second kappa shape index (κ2) is 6.56. The Morgan fingerprint density at radius 1 is 1.19 bits per heavy atom. The van der Waals surface area contributed by atoms with Crippen molar-refractivity contribution >= 4 is 40.3 Å². The molecule has 1 amide bonds. The monoisotopic (exact) mass is 389 g/mol. The molecule has 1 unspecified atom stereocenters. The van der Waals surface area contributed by atoms with E-state index in [4.69, 9.17) is 11.6 Å². The average Bonchev–Trinajstić information content (AvgIpc) is 3.09. The highest BCUT2D eigenvalue weighted by Gasteiger charge is 2.47. The topological polar surface area (TPSA) is 57.6 Å². The number of aryl methyl sites for hydroxylation is 1. The number of hydrogen-bond donors (Lipinski definition) is 1. The maximum absolute atomic E-state index is 13.1. The summed E-state index contributed by atoms with van der Waals surface area (Å²) in [6, 6.07) is 8.10. The van der Waals surface area contributed by atoms with Gasteiger partial charge in [0.05, 0.1) is 5.57 Å². The molecule has 1 atom stereocenters. The highest BCUT2D eigenvalue weighted by molar-refractivity contribution is 7.10. The number of rotatable bonds is 3. The SMILES string of the molecule is Cc1ccsc1C1C(C(=O)C(C)(C)C)=C(O)C(=O)N1c1ccc(Cl)cc1. The lowest BCUT2D eigenvalue weighted by atomic mass is 9.83. The third kappa shape index (κ3) is 3.06. The Bertz CT molecular complexity index is 906. The number of halogens is 1. The zero-order chi connectivity index (χ0) is 19.2. The maximum atomic E-state index is 13.1. The largest absolute Gasteiger partial charge is 0.503 e. The van der Waals surface area contributed by atoms with Crippen molar-refractivity contribution in [2.75, 3.05) is 4.90 Å². The quantitative estimate of drug-likeness (QED) is 0.782. The van der Waals surface area contributed by atoms with Crippen molar-refractivity contribution in [3.63, 3.8) is 0 Å². The molecule has 0 fully saturated rings. The molecule has 0 aliphatic carbocycles. The predicted octanol–water partition coefficient (Wildman–Crippen LogP) is 5.23. The number of ketones is 1. The van der Waals surface area contributed by atoms with Gasteiger partial charge in [-0.1, -0.05) is 32.4 Å². The van der Waals surface area contributed by atoms with Crippen molar-refractivity contribution in [2.24, 2.45) is 5.41 Å². The summed E-state index contributed by atoms with van der Waals surface area (Å²) < 4.78 is 0. The second-order valence-corrected chi connectivity index (χ2v) is 8.75. The van der Waals surface area contributed by atoms with E-state index >= 15 is 0 Å². The van der Waals surface area contributed by atoms with Crippen LogP contribution in [0.2, 0.25) is 5.02 Å². The fraction of sp³-hybridized carbons (Fsp3) is 0.300. The molecule has 0 bridgehead atoms. The Morgan fingerprint density at radius 2 is 1.81 bits per heavy atom. The first-order chi connectivity index (χ1) is 12.1. The van der Waals surface area contributed by atoms with Crippen LogP contribution in [0.5, 0.6) is 0 Å². The normalized spacial score (nSPS) is 18.0. The maximum Gasteiger partial charge on any atom is 0.294 e. The summed E-state index contributed by atoms with van der Waals surface area (Å²) in [6.45, 7) is 7.28. The number of benzene rings is 1. The minimum absolute atomic E-state index is 0.156. The summed E-state index contributed by atoms with van der Waals surface area (Å²) in [4.78, 5) is 28.3. The molecular weight excluding hydrogens is 370 g/mol. The van der Waals surface area contributed by atoms with Gasteiger partial charge in [0.2, 0.25) is 0 Å². The van der Waals surface area contributed by atoms with Crippen molar-refractivity contribution < 1.29 is 14.7 Å². The van der Waals surface area contributed by atoms with E-state index in [2.05, 4.69) is 0 Å². The standard InChI is InChI=1S/C20H20ClNO3S/c1-11-9-10-26-17(11)15-14(18(24)20(2,3)4)16(23)19(25)22(15)13-7-5-12(21)6-8-13/h5-10,15,23H,1-4H3. The molecule has 1 aromatic heterocycles. The van der Waals surface area contributed by atoms with Crippen LogP contribution in [0, 0.1) is 12.3 Å². The number of carbonyl (C=O) groups is 2. The summed E-state index contributed by atoms with van der Waals surface area (Å²) in [5.74, 6) is -1.28. The van der Waals surface area contributed by atoms with Crippen LogP contribution in [0.25, 0.3) is 0 Å². The van der Waals surface area contributed by atoms with Crippen LogP contribution in [0.4, 0.5) is 5.69 Å². The molecule has 1 N–H and O–H groups in total. The molecule has 136 valence electrons. The van der Waals surface area contributed by atoms with E-state index in [1.807, 2.05) is 18.4 Å². The van der Waals surface area contributed by atoms with Gasteiger partial charge >= 0.3 is 0 Å².